The van der Waals surface area contributed by atoms with Crippen molar-refractivity contribution in [3.05, 3.63) is 29.8 Å². The predicted molar refractivity (Wildman–Crippen MR) is 78.7 cm³/mol. The molecule has 0 aliphatic heterocycles. The third-order valence-electron chi connectivity index (χ3n) is 5.83. The molecule has 2 bridgehead atoms. The molecular weight excluding hydrogens is 248 g/mol. The van der Waals surface area contributed by atoms with Crippen LogP contribution in [0.25, 0.3) is 0 Å². The summed E-state index contributed by atoms with van der Waals surface area (Å²) in [6, 6.07) is 7.85. The van der Waals surface area contributed by atoms with Gasteiger partial charge >= 0.3 is 0 Å². The van der Waals surface area contributed by atoms with Crippen molar-refractivity contribution in [3.8, 4) is 0 Å². The summed E-state index contributed by atoms with van der Waals surface area (Å²) in [5.41, 5.74) is 7.59. The molecule has 0 spiro atoms. The number of anilines is 1. The molecule has 0 radical (unpaired) electrons. The number of hydrogen-bond donors (Lipinski definition) is 2. The van der Waals surface area contributed by atoms with Crippen LogP contribution in [-0.2, 0) is 4.79 Å². The third kappa shape index (κ3) is 1.75. The van der Waals surface area contributed by atoms with E-state index in [0.29, 0.717) is 17.8 Å². The molecule has 20 heavy (non-hydrogen) atoms. The second kappa shape index (κ2) is 4.24. The maximum Gasteiger partial charge on any atom is 0.224 e. The van der Waals surface area contributed by atoms with Crippen molar-refractivity contribution < 1.29 is 4.79 Å². The maximum atomic E-state index is 12.5. The molecule has 3 fully saturated rings. The highest BCUT2D eigenvalue weighted by Crippen LogP contribution is 2.69. The number of nitrogens with one attached hydrogen (secondary N) is 1. The van der Waals surface area contributed by atoms with Crippen molar-refractivity contribution in [3.63, 3.8) is 0 Å². The summed E-state index contributed by atoms with van der Waals surface area (Å²) in [7, 11) is 0. The van der Waals surface area contributed by atoms with Crippen LogP contribution in [0.2, 0.25) is 0 Å². The number of nitrogens with two attached hydrogens (primary N) is 1. The van der Waals surface area contributed by atoms with Crippen molar-refractivity contribution in [2.75, 3.05) is 5.73 Å². The highest BCUT2D eigenvalue weighted by atomic mass is 16.2. The molecule has 4 rings (SSSR count). The van der Waals surface area contributed by atoms with E-state index in [1.54, 1.807) is 0 Å². The molecule has 106 valence electrons. The van der Waals surface area contributed by atoms with Gasteiger partial charge in [0, 0.05) is 11.6 Å². The summed E-state index contributed by atoms with van der Waals surface area (Å²) in [5, 5.41) is 3.20. The average Bonchev–Trinajstić information content (AvgIpc) is 2.89. The Labute approximate surface area is 119 Å². The Morgan fingerprint density at radius 3 is 2.40 bits per heavy atom. The number of fused-ring (bicyclic) bond motifs is 5. The molecule has 0 saturated heterocycles. The van der Waals surface area contributed by atoms with Crippen LogP contribution in [0.5, 0.6) is 0 Å². The largest absolute Gasteiger partial charge is 0.399 e. The Bertz CT molecular complexity index is 522. The van der Waals surface area contributed by atoms with E-state index in [0.717, 1.165) is 23.1 Å². The van der Waals surface area contributed by atoms with Crippen molar-refractivity contribution >= 4 is 11.6 Å². The first-order valence-corrected chi connectivity index (χ1v) is 7.81. The molecule has 5 atom stereocenters. The van der Waals surface area contributed by atoms with Crippen molar-refractivity contribution in [2.24, 2.45) is 29.6 Å². The second-order valence-corrected chi connectivity index (χ2v) is 6.91. The molecule has 1 aromatic carbocycles. The van der Waals surface area contributed by atoms with Gasteiger partial charge in [-0.05, 0) is 67.6 Å². The van der Waals surface area contributed by atoms with Gasteiger partial charge in [-0.25, -0.2) is 0 Å². The normalized spacial score (nSPS) is 38.4. The van der Waals surface area contributed by atoms with E-state index in [1.165, 1.54) is 19.3 Å². The van der Waals surface area contributed by atoms with Crippen LogP contribution >= 0.6 is 0 Å². The number of rotatable bonds is 3. The molecule has 0 aromatic heterocycles. The van der Waals surface area contributed by atoms with E-state index < -0.39 is 0 Å². The minimum atomic E-state index is 0.0714. The summed E-state index contributed by atoms with van der Waals surface area (Å²) in [5.74, 6) is 3.73. The molecule has 1 aromatic rings. The van der Waals surface area contributed by atoms with Crippen molar-refractivity contribution in [1.29, 1.82) is 0 Å². The maximum absolute atomic E-state index is 12.5. The van der Waals surface area contributed by atoms with Crippen LogP contribution in [0.15, 0.2) is 24.3 Å². The lowest BCUT2D eigenvalue weighted by molar-refractivity contribution is -0.124. The minimum Gasteiger partial charge on any atom is -0.399 e. The van der Waals surface area contributed by atoms with Gasteiger partial charge in [0.2, 0.25) is 5.91 Å². The number of nitrogen functional groups attached to an aromatic ring is 1. The fraction of sp³-hybridized carbons (Fsp3) is 0.588. The predicted octanol–water partition coefficient (Wildman–Crippen LogP) is 2.74. The van der Waals surface area contributed by atoms with Gasteiger partial charge in [0.25, 0.3) is 0 Å². The van der Waals surface area contributed by atoms with Crippen LogP contribution in [0.1, 0.15) is 37.8 Å². The zero-order valence-corrected chi connectivity index (χ0v) is 11.9. The lowest BCUT2D eigenvalue weighted by Gasteiger charge is -2.16. The van der Waals surface area contributed by atoms with Crippen LogP contribution in [0, 0.1) is 29.6 Å². The molecule has 0 heterocycles. The molecule has 1 amide bonds. The van der Waals surface area contributed by atoms with Crippen LogP contribution < -0.4 is 11.1 Å². The molecule has 3 aliphatic rings. The first-order chi connectivity index (χ1) is 9.65. The van der Waals surface area contributed by atoms with Crippen LogP contribution in [0.3, 0.4) is 0 Å². The van der Waals surface area contributed by atoms with Crippen molar-refractivity contribution in [2.45, 2.75) is 32.2 Å². The first-order valence-electron chi connectivity index (χ1n) is 7.81. The molecule has 3 N–H and O–H groups in total. The number of amides is 1. The van der Waals surface area contributed by atoms with Gasteiger partial charge in [0.15, 0.2) is 0 Å². The quantitative estimate of drug-likeness (QED) is 0.830. The highest BCUT2D eigenvalue weighted by Gasteiger charge is 2.67. The Morgan fingerprint density at radius 2 is 1.80 bits per heavy atom. The average molecular weight is 270 g/mol. The monoisotopic (exact) mass is 270 g/mol. The number of carbonyl (C=O) groups is 1. The number of carbonyl (C=O) groups excluding carboxylic acids is 1. The lowest BCUT2D eigenvalue weighted by atomic mass is 10.0. The SMILES string of the molecule is CC(NC(=O)C1C2C3CCC(C3)C12)c1ccc(N)cc1. The fourth-order valence-corrected chi connectivity index (χ4v) is 4.85. The van der Waals surface area contributed by atoms with E-state index >= 15 is 0 Å². The van der Waals surface area contributed by atoms with Crippen LogP contribution in [-0.4, -0.2) is 5.91 Å². The van der Waals surface area contributed by atoms with E-state index in [9.17, 15) is 4.79 Å². The van der Waals surface area contributed by atoms with E-state index in [-0.39, 0.29) is 11.9 Å². The fourth-order valence-electron chi connectivity index (χ4n) is 4.85. The van der Waals surface area contributed by atoms with E-state index in [1.807, 2.05) is 24.3 Å². The second-order valence-electron chi connectivity index (χ2n) is 6.91. The van der Waals surface area contributed by atoms with Gasteiger partial charge in [0.1, 0.15) is 0 Å². The Hall–Kier alpha value is -1.51. The molecule has 3 saturated carbocycles. The molecule has 3 heteroatoms. The van der Waals surface area contributed by atoms with Gasteiger partial charge in [-0.1, -0.05) is 12.1 Å². The Morgan fingerprint density at radius 1 is 1.20 bits per heavy atom. The zero-order chi connectivity index (χ0) is 13.9. The summed E-state index contributed by atoms with van der Waals surface area (Å²) in [6.45, 7) is 2.05. The van der Waals surface area contributed by atoms with Gasteiger partial charge in [-0.2, -0.15) is 0 Å². The number of hydrogen-bond acceptors (Lipinski definition) is 2. The summed E-state index contributed by atoms with van der Waals surface area (Å²) in [4.78, 5) is 12.5. The van der Waals surface area contributed by atoms with Gasteiger partial charge in [0.05, 0.1) is 6.04 Å². The van der Waals surface area contributed by atoms with E-state index in [4.69, 9.17) is 5.73 Å². The Kier molecular flexibility index (Phi) is 2.60. The summed E-state index contributed by atoms with van der Waals surface area (Å²) >= 11 is 0. The third-order valence-corrected chi connectivity index (χ3v) is 5.83. The van der Waals surface area contributed by atoms with Gasteiger partial charge in [-0.15, -0.1) is 0 Å². The number of benzene rings is 1. The highest BCUT2D eigenvalue weighted by molar-refractivity contribution is 5.83. The van der Waals surface area contributed by atoms with Crippen LogP contribution in [0.4, 0.5) is 5.69 Å². The zero-order valence-electron chi connectivity index (χ0n) is 11.9. The molecule has 5 unspecified atom stereocenters. The molecule has 3 nitrogen and oxygen atoms in total. The smallest absolute Gasteiger partial charge is 0.224 e. The standard InChI is InChI=1S/C17H22N2O/c1-9(10-4-6-13(18)7-5-10)19-17(20)16-14-11-2-3-12(8-11)15(14)16/h4-7,9,11-12,14-16H,2-3,8,18H2,1H3,(H,19,20). The minimum absolute atomic E-state index is 0.0714. The van der Waals surface area contributed by atoms with Gasteiger partial charge in [-0.3, -0.25) is 4.79 Å². The summed E-state index contributed by atoms with van der Waals surface area (Å²) in [6.07, 6.45) is 4.12. The van der Waals surface area contributed by atoms with Crippen molar-refractivity contribution in [1.82, 2.24) is 5.32 Å². The van der Waals surface area contributed by atoms with E-state index in [2.05, 4.69) is 12.2 Å². The van der Waals surface area contributed by atoms with Gasteiger partial charge < -0.3 is 11.1 Å². The topological polar surface area (TPSA) is 55.1 Å². The lowest BCUT2D eigenvalue weighted by Crippen LogP contribution is -2.30. The Balaban J connectivity index is 1.40. The first kappa shape index (κ1) is 12.2. The molecule has 3 aliphatic carbocycles. The summed E-state index contributed by atoms with van der Waals surface area (Å²) < 4.78 is 0. The molecular formula is C17H22N2O.